The highest BCUT2D eigenvalue weighted by molar-refractivity contribution is 7.92. The van der Waals surface area contributed by atoms with E-state index < -0.39 is 28.5 Å². The molecule has 10 heteroatoms. The molecule has 3 aromatic rings. The Morgan fingerprint density at radius 2 is 1.49 bits per heavy atom. The summed E-state index contributed by atoms with van der Waals surface area (Å²) in [6.45, 7) is 5.64. The molecule has 1 atom stereocenters. The van der Waals surface area contributed by atoms with Gasteiger partial charge in [-0.15, -0.1) is 0 Å². The average Bonchev–Trinajstić information content (AvgIpc) is 2.94. The molecule has 0 unspecified atom stereocenters. The lowest BCUT2D eigenvalue weighted by Gasteiger charge is -2.32. The van der Waals surface area contributed by atoms with Crippen molar-refractivity contribution in [1.82, 2.24) is 10.2 Å². The zero-order valence-electron chi connectivity index (χ0n) is 22.2. The molecule has 0 aromatic heterocycles. The number of rotatable bonds is 10. The SMILES string of the molecule is CC(C)NC(=O)[C@@H](C)N(Cc1ccccc1)C(=O)CN(c1ccc2c(c1)OCCO2)S(=O)(=O)c1ccccc1. The van der Waals surface area contributed by atoms with E-state index >= 15 is 0 Å². The molecule has 0 spiro atoms. The zero-order chi connectivity index (χ0) is 28.0. The molecule has 3 aromatic carbocycles. The summed E-state index contributed by atoms with van der Waals surface area (Å²) in [7, 11) is -4.16. The van der Waals surface area contributed by atoms with Crippen LogP contribution >= 0.6 is 0 Å². The fraction of sp³-hybridized carbons (Fsp3) is 0.310. The van der Waals surface area contributed by atoms with Gasteiger partial charge in [-0.25, -0.2) is 8.42 Å². The van der Waals surface area contributed by atoms with Crippen LogP contribution in [0.25, 0.3) is 0 Å². The maximum Gasteiger partial charge on any atom is 0.264 e. The Bertz CT molecular complexity index is 1400. The zero-order valence-corrected chi connectivity index (χ0v) is 23.1. The van der Waals surface area contributed by atoms with Crippen molar-refractivity contribution in [3.8, 4) is 11.5 Å². The van der Waals surface area contributed by atoms with Crippen LogP contribution in [-0.4, -0.2) is 57.0 Å². The van der Waals surface area contributed by atoms with Crippen LogP contribution in [0.2, 0.25) is 0 Å². The maximum atomic E-state index is 13.9. The first kappa shape index (κ1) is 28.0. The van der Waals surface area contributed by atoms with Gasteiger partial charge in [0.05, 0.1) is 10.6 Å². The number of hydrogen-bond donors (Lipinski definition) is 1. The topological polar surface area (TPSA) is 105 Å². The highest BCUT2D eigenvalue weighted by Gasteiger charge is 2.33. The van der Waals surface area contributed by atoms with Gasteiger partial charge in [0.15, 0.2) is 11.5 Å². The standard InChI is InChI=1S/C29H33N3O6S/c1-21(2)30-29(34)22(3)31(19-23-10-6-4-7-11-23)28(33)20-32(39(35,36)25-12-8-5-9-13-25)24-14-15-26-27(18-24)38-17-16-37-26/h4-15,18,21-22H,16-17,19-20H2,1-3H3,(H,30,34)/t22-/m1/s1. The second-order valence-electron chi connectivity index (χ2n) is 9.50. The Hall–Kier alpha value is -4.05. The average molecular weight is 552 g/mol. The molecule has 1 aliphatic heterocycles. The molecule has 39 heavy (non-hydrogen) atoms. The number of sulfonamides is 1. The first-order chi connectivity index (χ1) is 18.7. The predicted octanol–water partition coefficient (Wildman–Crippen LogP) is 3.60. The molecule has 206 valence electrons. The van der Waals surface area contributed by atoms with Crippen molar-refractivity contribution in [3.63, 3.8) is 0 Å². The third-order valence-corrected chi connectivity index (χ3v) is 8.01. The summed E-state index contributed by atoms with van der Waals surface area (Å²) < 4.78 is 40.1. The third kappa shape index (κ3) is 6.69. The van der Waals surface area contributed by atoms with Crippen molar-refractivity contribution in [2.75, 3.05) is 24.1 Å². The fourth-order valence-corrected chi connectivity index (χ4v) is 5.63. The molecule has 1 heterocycles. The van der Waals surface area contributed by atoms with Crippen LogP contribution in [0.5, 0.6) is 11.5 Å². The summed E-state index contributed by atoms with van der Waals surface area (Å²) in [5, 5.41) is 2.84. The fourth-order valence-electron chi connectivity index (χ4n) is 4.20. The molecule has 0 saturated heterocycles. The van der Waals surface area contributed by atoms with Crippen molar-refractivity contribution < 1.29 is 27.5 Å². The Balaban J connectivity index is 1.72. The molecule has 0 saturated carbocycles. The normalized spacial score (nSPS) is 13.4. The Kier molecular flexibility index (Phi) is 8.75. The first-order valence-electron chi connectivity index (χ1n) is 12.8. The first-order valence-corrected chi connectivity index (χ1v) is 14.2. The molecule has 0 radical (unpaired) electrons. The number of nitrogens with one attached hydrogen (secondary N) is 1. The summed E-state index contributed by atoms with van der Waals surface area (Å²) in [6.07, 6.45) is 0. The Labute approximate surface area is 229 Å². The lowest BCUT2D eigenvalue weighted by Crippen LogP contribution is -2.52. The number of hydrogen-bond acceptors (Lipinski definition) is 6. The number of carbonyl (C=O) groups excluding carboxylic acids is 2. The number of benzene rings is 3. The van der Waals surface area contributed by atoms with Crippen LogP contribution in [0.1, 0.15) is 26.3 Å². The minimum absolute atomic E-state index is 0.0351. The van der Waals surface area contributed by atoms with E-state index in [0.717, 1.165) is 9.87 Å². The molecule has 4 rings (SSSR count). The Morgan fingerprint density at radius 3 is 2.13 bits per heavy atom. The van der Waals surface area contributed by atoms with Crippen LogP contribution in [0.15, 0.2) is 83.8 Å². The molecule has 2 amide bonds. The molecule has 1 aliphatic rings. The summed E-state index contributed by atoms with van der Waals surface area (Å²) in [5.74, 6) is 0.0362. The lowest BCUT2D eigenvalue weighted by molar-refractivity contribution is -0.139. The van der Waals surface area contributed by atoms with Crippen LogP contribution in [0, 0.1) is 0 Å². The van der Waals surface area contributed by atoms with E-state index in [0.29, 0.717) is 24.7 Å². The van der Waals surface area contributed by atoms with Gasteiger partial charge in [-0.2, -0.15) is 0 Å². The largest absolute Gasteiger partial charge is 0.486 e. The number of anilines is 1. The van der Waals surface area contributed by atoms with Crippen LogP contribution in [0.3, 0.4) is 0 Å². The van der Waals surface area contributed by atoms with Gasteiger partial charge in [0.2, 0.25) is 11.8 Å². The molecule has 0 aliphatic carbocycles. The van der Waals surface area contributed by atoms with E-state index in [1.165, 1.54) is 17.0 Å². The van der Waals surface area contributed by atoms with E-state index in [-0.39, 0.29) is 29.1 Å². The number of carbonyl (C=O) groups is 2. The van der Waals surface area contributed by atoms with Crippen molar-refractivity contribution in [1.29, 1.82) is 0 Å². The minimum Gasteiger partial charge on any atom is -0.486 e. The van der Waals surface area contributed by atoms with E-state index in [9.17, 15) is 18.0 Å². The highest BCUT2D eigenvalue weighted by Crippen LogP contribution is 2.36. The monoisotopic (exact) mass is 551 g/mol. The molecule has 0 fully saturated rings. The molecule has 0 bridgehead atoms. The third-order valence-electron chi connectivity index (χ3n) is 6.22. The van der Waals surface area contributed by atoms with Gasteiger partial charge in [0.1, 0.15) is 25.8 Å². The summed E-state index contributed by atoms with van der Waals surface area (Å²) in [6, 6.07) is 21.0. The van der Waals surface area contributed by atoms with E-state index in [4.69, 9.17) is 9.47 Å². The summed E-state index contributed by atoms with van der Waals surface area (Å²) in [5.41, 5.74) is 1.06. The molecular formula is C29H33N3O6S. The minimum atomic E-state index is -4.16. The number of amides is 2. The van der Waals surface area contributed by atoms with E-state index in [1.54, 1.807) is 43.3 Å². The number of fused-ring (bicyclic) bond motifs is 1. The molecule has 9 nitrogen and oxygen atoms in total. The van der Waals surface area contributed by atoms with E-state index in [1.807, 2.05) is 44.2 Å². The van der Waals surface area contributed by atoms with Gasteiger partial charge >= 0.3 is 0 Å². The molecular weight excluding hydrogens is 518 g/mol. The molecule has 1 N–H and O–H groups in total. The van der Waals surface area contributed by atoms with Gasteiger partial charge in [-0.3, -0.25) is 13.9 Å². The quantitative estimate of drug-likeness (QED) is 0.413. The van der Waals surface area contributed by atoms with Crippen molar-refractivity contribution >= 4 is 27.5 Å². The van der Waals surface area contributed by atoms with Crippen LogP contribution in [0.4, 0.5) is 5.69 Å². The van der Waals surface area contributed by atoms with Gasteiger partial charge in [-0.05, 0) is 50.6 Å². The smallest absolute Gasteiger partial charge is 0.264 e. The second-order valence-corrected chi connectivity index (χ2v) is 11.4. The highest BCUT2D eigenvalue weighted by atomic mass is 32.2. The van der Waals surface area contributed by atoms with Crippen LogP contribution < -0.4 is 19.1 Å². The van der Waals surface area contributed by atoms with Crippen molar-refractivity contribution in [3.05, 3.63) is 84.4 Å². The van der Waals surface area contributed by atoms with Gasteiger partial charge in [0, 0.05) is 18.7 Å². The number of ether oxygens (including phenoxy) is 2. The summed E-state index contributed by atoms with van der Waals surface area (Å²) >= 11 is 0. The van der Waals surface area contributed by atoms with Crippen molar-refractivity contribution in [2.24, 2.45) is 0 Å². The van der Waals surface area contributed by atoms with Crippen molar-refractivity contribution in [2.45, 2.75) is 44.3 Å². The van der Waals surface area contributed by atoms with Gasteiger partial charge in [-0.1, -0.05) is 48.5 Å². The predicted molar refractivity (Wildman–Crippen MR) is 148 cm³/mol. The van der Waals surface area contributed by atoms with Gasteiger partial charge in [0.25, 0.3) is 10.0 Å². The number of nitrogens with zero attached hydrogens (tertiary/aromatic N) is 2. The lowest BCUT2D eigenvalue weighted by atomic mass is 10.1. The van der Waals surface area contributed by atoms with Gasteiger partial charge < -0.3 is 19.7 Å². The van der Waals surface area contributed by atoms with E-state index in [2.05, 4.69) is 5.32 Å². The summed E-state index contributed by atoms with van der Waals surface area (Å²) in [4.78, 5) is 28.3. The second kappa shape index (κ2) is 12.2. The Morgan fingerprint density at radius 1 is 0.872 bits per heavy atom. The van der Waals surface area contributed by atoms with Crippen LogP contribution in [-0.2, 0) is 26.2 Å². The maximum absolute atomic E-state index is 13.9.